The maximum atomic E-state index is 12.5. The molecule has 0 spiro atoms. The van der Waals surface area contributed by atoms with Gasteiger partial charge in [0.2, 0.25) is 17.7 Å². The highest BCUT2D eigenvalue weighted by Gasteiger charge is 2.30. The van der Waals surface area contributed by atoms with Gasteiger partial charge in [0, 0.05) is 6.42 Å². The maximum Gasteiger partial charge on any atom is 0.326 e. The Morgan fingerprint density at radius 2 is 1.73 bits per heavy atom. The number of primary amides is 1. The first-order valence-corrected chi connectivity index (χ1v) is 9.89. The Morgan fingerprint density at radius 1 is 1.12 bits per heavy atom. The summed E-state index contributed by atoms with van der Waals surface area (Å²) in [5, 5.41) is 14.3. The summed E-state index contributed by atoms with van der Waals surface area (Å²) in [7, 11) is 0. The topological polar surface area (TPSA) is 165 Å². The zero-order valence-corrected chi connectivity index (χ0v) is 16.3. The molecule has 150 valence electrons. The molecule has 0 aromatic heterocycles. The fourth-order valence-corrected chi connectivity index (χ4v) is 2.62. The van der Waals surface area contributed by atoms with Crippen LogP contribution >= 0.6 is 11.8 Å². The number of carbonyl (C=O) groups is 4. The number of carboxylic acids is 1. The van der Waals surface area contributed by atoms with Crippen LogP contribution in [-0.2, 0) is 19.2 Å². The van der Waals surface area contributed by atoms with Gasteiger partial charge in [0.15, 0.2) is 0 Å². The first-order valence-electron chi connectivity index (χ1n) is 8.50. The number of nitrogens with two attached hydrogens (primary N) is 2. The van der Waals surface area contributed by atoms with E-state index in [2.05, 4.69) is 10.6 Å². The summed E-state index contributed by atoms with van der Waals surface area (Å²) in [6.07, 6.45) is 2.80. The van der Waals surface area contributed by atoms with E-state index in [0.717, 1.165) is 0 Å². The molecule has 26 heavy (non-hydrogen) atoms. The number of carboxylic acid groups (broad SMARTS) is 1. The third kappa shape index (κ3) is 9.04. The summed E-state index contributed by atoms with van der Waals surface area (Å²) in [5.41, 5.74) is 10.7. The number of rotatable bonds is 13. The van der Waals surface area contributed by atoms with Crippen LogP contribution in [0.3, 0.4) is 0 Å². The van der Waals surface area contributed by atoms with Crippen LogP contribution in [-0.4, -0.2) is 58.9 Å². The molecule has 0 aliphatic carbocycles. The van der Waals surface area contributed by atoms with Crippen molar-refractivity contribution in [1.29, 1.82) is 0 Å². The Balaban J connectivity index is 4.99. The van der Waals surface area contributed by atoms with E-state index in [9.17, 15) is 24.3 Å². The molecule has 0 fully saturated rings. The fraction of sp³-hybridized carbons (Fsp3) is 0.750. The molecular formula is C16H30N4O5S. The molecule has 4 atom stereocenters. The van der Waals surface area contributed by atoms with Gasteiger partial charge in [-0.2, -0.15) is 11.8 Å². The Bertz CT molecular complexity index is 503. The van der Waals surface area contributed by atoms with Crippen molar-refractivity contribution in [2.75, 3.05) is 12.0 Å². The third-order valence-electron chi connectivity index (χ3n) is 4.06. The summed E-state index contributed by atoms with van der Waals surface area (Å²) >= 11 is 1.49. The van der Waals surface area contributed by atoms with Crippen molar-refractivity contribution in [1.82, 2.24) is 10.6 Å². The SMILES string of the molecule is CCC(C)C(NC(=O)C(CCSC)NC(=O)C(N)CCC(N)=O)C(=O)O. The number of amides is 3. The summed E-state index contributed by atoms with van der Waals surface area (Å²) in [4.78, 5) is 46.8. The van der Waals surface area contributed by atoms with Crippen molar-refractivity contribution in [2.24, 2.45) is 17.4 Å². The second kappa shape index (κ2) is 12.5. The lowest BCUT2D eigenvalue weighted by Crippen LogP contribution is -2.55. The quantitative estimate of drug-likeness (QED) is 0.281. The van der Waals surface area contributed by atoms with Crippen molar-refractivity contribution in [3.8, 4) is 0 Å². The number of hydrogen-bond acceptors (Lipinski definition) is 6. The Kier molecular flexibility index (Phi) is 11.7. The predicted octanol–water partition coefficient (Wildman–Crippen LogP) is -0.567. The monoisotopic (exact) mass is 390 g/mol. The van der Waals surface area contributed by atoms with Gasteiger partial charge in [-0.15, -0.1) is 0 Å². The number of nitrogens with one attached hydrogen (secondary N) is 2. The fourth-order valence-electron chi connectivity index (χ4n) is 2.15. The normalized spacial score (nSPS) is 15.4. The van der Waals surface area contributed by atoms with Gasteiger partial charge in [0.1, 0.15) is 12.1 Å². The largest absolute Gasteiger partial charge is 0.480 e. The molecule has 0 aliphatic rings. The van der Waals surface area contributed by atoms with E-state index >= 15 is 0 Å². The van der Waals surface area contributed by atoms with E-state index in [-0.39, 0.29) is 18.8 Å². The lowest BCUT2D eigenvalue weighted by Gasteiger charge is -2.25. The average molecular weight is 391 g/mol. The molecule has 0 rings (SSSR count). The van der Waals surface area contributed by atoms with Crippen LogP contribution in [0.1, 0.15) is 39.5 Å². The van der Waals surface area contributed by atoms with Gasteiger partial charge in [0.25, 0.3) is 0 Å². The zero-order chi connectivity index (χ0) is 20.3. The summed E-state index contributed by atoms with van der Waals surface area (Å²) in [6.45, 7) is 3.56. The van der Waals surface area contributed by atoms with Gasteiger partial charge in [-0.05, 0) is 30.8 Å². The Hall–Kier alpha value is -1.81. The lowest BCUT2D eigenvalue weighted by molar-refractivity contribution is -0.143. The van der Waals surface area contributed by atoms with Crippen LogP contribution in [0, 0.1) is 5.92 Å². The minimum absolute atomic E-state index is 0.0363. The highest BCUT2D eigenvalue weighted by atomic mass is 32.2. The molecule has 7 N–H and O–H groups in total. The Labute approximate surface area is 158 Å². The van der Waals surface area contributed by atoms with Crippen LogP contribution in [0.15, 0.2) is 0 Å². The van der Waals surface area contributed by atoms with Crippen LogP contribution in [0.4, 0.5) is 0 Å². The van der Waals surface area contributed by atoms with Gasteiger partial charge in [-0.25, -0.2) is 4.79 Å². The van der Waals surface area contributed by atoms with Crippen LogP contribution < -0.4 is 22.1 Å². The lowest BCUT2D eigenvalue weighted by atomic mass is 9.98. The van der Waals surface area contributed by atoms with Gasteiger partial charge in [0.05, 0.1) is 6.04 Å². The minimum Gasteiger partial charge on any atom is -0.480 e. The molecule has 0 aromatic carbocycles. The molecule has 10 heteroatoms. The first-order chi connectivity index (χ1) is 12.1. The number of hydrogen-bond donors (Lipinski definition) is 5. The highest BCUT2D eigenvalue weighted by molar-refractivity contribution is 7.98. The summed E-state index contributed by atoms with van der Waals surface area (Å²) in [5.74, 6) is -2.50. The van der Waals surface area contributed by atoms with E-state index < -0.39 is 41.8 Å². The molecule has 0 heterocycles. The molecule has 0 saturated carbocycles. The Morgan fingerprint density at radius 3 is 2.19 bits per heavy atom. The molecule has 0 aromatic rings. The van der Waals surface area contributed by atoms with Gasteiger partial charge < -0.3 is 27.2 Å². The van der Waals surface area contributed by atoms with Crippen LogP contribution in [0.2, 0.25) is 0 Å². The van der Waals surface area contributed by atoms with Crippen LogP contribution in [0.5, 0.6) is 0 Å². The molecule has 3 amide bonds. The van der Waals surface area contributed by atoms with E-state index in [1.54, 1.807) is 6.92 Å². The molecule has 0 saturated heterocycles. The molecule has 9 nitrogen and oxygen atoms in total. The standard InChI is InChI=1S/C16H30N4O5S/c1-4-9(2)13(16(24)25)20-15(23)11(7-8-26-3)19-14(22)10(17)5-6-12(18)21/h9-11,13H,4-8,17H2,1-3H3,(H2,18,21)(H,19,22)(H,20,23)(H,24,25). The molecule has 0 bridgehead atoms. The number of carbonyl (C=O) groups excluding carboxylic acids is 3. The first kappa shape index (κ1) is 24.2. The molecule has 0 aliphatic heterocycles. The average Bonchev–Trinajstić information content (AvgIpc) is 2.59. The molecule has 4 unspecified atom stereocenters. The van der Waals surface area contributed by atoms with Gasteiger partial charge in [-0.3, -0.25) is 14.4 Å². The van der Waals surface area contributed by atoms with Gasteiger partial charge >= 0.3 is 5.97 Å². The molecule has 0 radical (unpaired) electrons. The minimum atomic E-state index is -1.12. The van der Waals surface area contributed by atoms with Crippen LogP contribution in [0.25, 0.3) is 0 Å². The van der Waals surface area contributed by atoms with Crippen molar-refractivity contribution in [2.45, 2.75) is 57.7 Å². The smallest absolute Gasteiger partial charge is 0.326 e. The summed E-state index contributed by atoms with van der Waals surface area (Å²) in [6, 6.07) is -2.91. The van der Waals surface area contributed by atoms with Crippen molar-refractivity contribution >= 4 is 35.5 Å². The zero-order valence-electron chi connectivity index (χ0n) is 15.5. The highest BCUT2D eigenvalue weighted by Crippen LogP contribution is 2.09. The maximum absolute atomic E-state index is 12.5. The van der Waals surface area contributed by atoms with Crippen molar-refractivity contribution < 1.29 is 24.3 Å². The number of aliphatic carboxylic acids is 1. The number of thioether (sulfide) groups is 1. The molecular weight excluding hydrogens is 360 g/mol. The van der Waals surface area contributed by atoms with Crippen molar-refractivity contribution in [3.05, 3.63) is 0 Å². The van der Waals surface area contributed by atoms with E-state index in [1.165, 1.54) is 11.8 Å². The van der Waals surface area contributed by atoms with Crippen molar-refractivity contribution in [3.63, 3.8) is 0 Å². The van der Waals surface area contributed by atoms with E-state index in [1.807, 2.05) is 13.2 Å². The van der Waals surface area contributed by atoms with E-state index in [4.69, 9.17) is 11.5 Å². The second-order valence-corrected chi connectivity index (χ2v) is 7.15. The summed E-state index contributed by atoms with van der Waals surface area (Å²) < 4.78 is 0. The second-order valence-electron chi connectivity index (χ2n) is 6.16. The third-order valence-corrected chi connectivity index (χ3v) is 4.70. The predicted molar refractivity (Wildman–Crippen MR) is 100 cm³/mol. The van der Waals surface area contributed by atoms with E-state index in [0.29, 0.717) is 18.6 Å². The van der Waals surface area contributed by atoms with Gasteiger partial charge in [-0.1, -0.05) is 20.3 Å².